The molecule has 2 aliphatic heterocycles. The van der Waals surface area contributed by atoms with Gasteiger partial charge in [-0.25, -0.2) is 5.01 Å². The number of ether oxygens (including phenoxy) is 2. The van der Waals surface area contributed by atoms with E-state index < -0.39 is 0 Å². The molecule has 4 rings (SSSR count). The number of hydrogen-bond donors (Lipinski definition) is 0. The summed E-state index contributed by atoms with van der Waals surface area (Å²) in [5.74, 6) is 0.473. The highest BCUT2D eigenvalue weighted by molar-refractivity contribution is 6.03. The third kappa shape index (κ3) is 6.26. The lowest BCUT2D eigenvalue weighted by atomic mass is 9.97. The molecule has 186 valence electrons. The highest BCUT2D eigenvalue weighted by Gasteiger charge is 2.34. The van der Waals surface area contributed by atoms with Crippen molar-refractivity contribution in [3.05, 3.63) is 65.2 Å². The molecule has 2 aliphatic rings. The molecule has 2 amide bonds. The third-order valence-corrected chi connectivity index (χ3v) is 6.61. The standard InChI is InChI=1S/C27H34N4O4/c1-20-4-6-23(7-5-20)26-18-25(22-8-10-24(34-3)11-9-22)28-31(26)27(33)19-30(21(2)32)13-12-29-14-16-35-17-15-29/h4-11,26H,12-19H2,1-3H3. The van der Waals surface area contributed by atoms with Crippen molar-refractivity contribution in [2.75, 3.05) is 53.0 Å². The first-order valence-electron chi connectivity index (χ1n) is 12.1. The molecule has 2 aromatic carbocycles. The Balaban J connectivity index is 1.52. The summed E-state index contributed by atoms with van der Waals surface area (Å²) in [5.41, 5.74) is 3.98. The lowest BCUT2D eigenvalue weighted by Gasteiger charge is -2.30. The number of hydrogen-bond acceptors (Lipinski definition) is 6. The van der Waals surface area contributed by atoms with Crippen LogP contribution < -0.4 is 4.74 Å². The van der Waals surface area contributed by atoms with Gasteiger partial charge in [0.15, 0.2) is 0 Å². The van der Waals surface area contributed by atoms with Gasteiger partial charge in [0.05, 0.1) is 32.1 Å². The van der Waals surface area contributed by atoms with E-state index in [4.69, 9.17) is 14.6 Å². The average Bonchev–Trinajstić information content (AvgIpc) is 3.33. The summed E-state index contributed by atoms with van der Waals surface area (Å²) in [4.78, 5) is 29.8. The van der Waals surface area contributed by atoms with Crippen LogP contribution in [0.25, 0.3) is 0 Å². The fourth-order valence-corrected chi connectivity index (χ4v) is 4.42. The molecule has 2 aromatic rings. The zero-order chi connectivity index (χ0) is 24.8. The average molecular weight is 479 g/mol. The van der Waals surface area contributed by atoms with Crippen molar-refractivity contribution in [1.29, 1.82) is 0 Å². The van der Waals surface area contributed by atoms with Crippen molar-refractivity contribution >= 4 is 17.5 Å². The van der Waals surface area contributed by atoms with Gasteiger partial charge in [0.1, 0.15) is 12.3 Å². The van der Waals surface area contributed by atoms with Crippen LogP contribution in [0.4, 0.5) is 0 Å². The normalized spacial score (nSPS) is 18.3. The van der Waals surface area contributed by atoms with Crippen molar-refractivity contribution in [2.45, 2.75) is 26.3 Å². The molecule has 2 heterocycles. The second kappa shape index (κ2) is 11.5. The van der Waals surface area contributed by atoms with Gasteiger partial charge in [-0.15, -0.1) is 0 Å². The number of hydrazone groups is 1. The summed E-state index contributed by atoms with van der Waals surface area (Å²) < 4.78 is 10.7. The highest BCUT2D eigenvalue weighted by atomic mass is 16.5. The first-order chi connectivity index (χ1) is 16.9. The predicted octanol–water partition coefficient (Wildman–Crippen LogP) is 2.86. The Hall–Kier alpha value is -3.23. The maximum Gasteiger partial charge on any atom is 0.262 e. The smallest absolute Gasteiger partial charge is 0.262 e. The monoisotopic (exact) mass is 478 g/mol. The lowest BCUT2D eigenvalue weighted by molar-refractivity contribution is -0.140. The van der Waals surface area contributed by atoms with Gasteiger partial charge in [-0.2, -0.15) is 5.10 Å². The molecule has 0 aliphatic carbocycles. The second-order valence-electron chi connectivity index (χ2n) is 9.04. The van der Waals surface area contributed by atoms with Crippen molar-refractivity contribution < 1.29 is 19.1 Å². The van der Waals surface area contributed by atoms with Crippen LogP contribution in [-0.4, -0.2) is 85.4 Å². The summed E-state index contributed by atoms with van der Waals surface area (Å²) in [6.45, 7) is 7.87. The van der Waals surface area contributed by atoms with Crippen LogP contribution in [0.5, 0.6) is 5.75 Å². The molecule has 1 atom stereocenters. The zero-order valence-corrected chi connectivity index (χ0v) is 20.8. The lowest BCUT2D eigenvalue weighted by Crippen LogP contribution is -2.45. The zero-order valence-electron chi connectivity index (χ0n) is 20.8. The van der Waals surface area contributed by atoms with Crippen LogP contribution in [0.3, 0.4) is 0 Å². The van der Waals surface area contributed by atoms with E-state index >= 15 is 0 Å². The topological polar surface area (TPSA) is 74.7 Å². The Morgan fingerprint density at radius 2 is 1.77 bits per heavy atom. The molecule has 35 heavy (non-hydrogen) atoms. The first-order valence-corrected chi connectivity index (χ1v) is 12.1. The summed E-state index contributed by atoms with van der Waals surface area (Å²) in [7, 11) is 1.63. The van der Waals surface area contributed by atoms with Gasteiger partial charge in [0.25, 0.3) is 5.91 Å². The van der Waals surface area contributed by atoms with E-state index in [2.05, 4.69) is 4.90 Å². The van der Waals surface area contributed by atoms with Crippen LogP contribution >= 0.6 is 0 Å². The SMILES string of the molecule is COc1ccc(C2=NN(C(=O)CN(CCN3CCOCC3)C(C)=O)C(c3ccc(C)cc3)C2)cc1. The first kappa shape index (κ1) is 24.9. The van der Waals surface area contributed by atoms with E-state index in [1.165, 1.54) is 6.92 Å². The van der Waals surface area contributed by atoms with Crippen LogP contribution in [-0.2, 0) is 14.3 Å². The number of benzene rings is 2. The Morgan fingerprint density at radius 1 is 1.09 bits per heavy atom. The number of amides is 2. The number of carbonyl (C=O) groups excluding carboxylic acids is 2. The van der Waals surface area contributed by atoms with E-state index in [1.54, 1.807) is 17.0 Å². The number of rotatable bonds is 8. The molecule has 0 radical (unpaired) electrons. The molecule has 1 saturated heterocycles. The molecular formula is C27H34N4O4. The largest absolute Gasteiger partial charge is 0.497 e. The number of nitrogens with zero attached hydrogens (tertiary/aromatic N) is 4. The Bertz CT molecular complexity index is 1050. The Labute approximate surface area is 207 Å². The van der Waals surface area contributed by atoms with Gasteiger partial charge < -0.3 is 14.4 Å². The number of morpholine rings is 1. The minimum Gasteiger partial charge on any atom is -0.497 e. The second-order valence-corrected chi connectivity index (χ2v) is 9.04. The number of carbonyl (C=O) groups is 2. The summed E-state index contributed by atoms with van der Waals surface area (Å²) in [6.07, 6.45) is 0.606. The highest BCUT2D eigenvalue weighted by Crippen LogP contribution is 2.33. The van der Waals surface area contributed by atoms with Crippen LogP contribution in [0.2, 0.25) is 0 Å². The van der Waals surface area contributed by atoms with Crippen molar-refractivity contribution in [2.24, 2.45) is 5.10 Å². The molecular weight excluding hydrogens is 444 g/mol. The van der Waals surface area contributed by atoms with E-state index in [0.29, 0.717) is 26.2 Å². The van der Waals surface area contributed by atoms with E-state index in [9.17, 15) is 9.59 Å². The van der Waals surface area contributed by atoms with Crippen molar-refractivity contribution in [1.82, 2.24) is 14.8 Å². The van der Waals surface area contributed by atoms with E-state index in [-0.39, 0.29) is 24.4 Å². The molecule has 0 aromatic heterocycles. The van der Waals surface area contributed by atoms with Gasteiger partial charge in [-0.3, -0.25) is 14.5 Å². The number of aryl methyl sites for hydroxylation is 1. The minimum atomic E-state index is -0.215. The molecule has 1 unspecified atom stereocenters. The summed E-state index contributed by atoms with van der Waals surface area (Å²) in [6, 6.07) is 15.7. The van der Waals surface area contributed by atoms with Crippen molar-refractivity contribution in [3.63, 3.8) is 0 Å². The van der Waals surface area contributed by atoms with Gasteiger partial charge in [0, 0.05) is 39.5 Å². The fraction of sp³-hybridized carbons (Fsp3) is 0.444. The molecule has 0 spiro atoms. The summed E-state index contributed by atoms with van der Waals surface area (Å²) >= 11 is 0. The van der Waals surface area contributed by atoms with E-state index in [1.807, 2.05) is 55.5 Å². The van der Waals surface area contributed by atoms with Crippen LogP contribution in [0.15, 0.2) is 53.6 Å². The fourth-order valence-electron chi connectivity index (χ4n) is 4.42. The molecule has 8 nitrogen and oxygen atoms in total. The molecule has 1 fully saturated rings. The third-order valence-electron chi connectivity index (χ3n) is 6.61. The number of methoxy groups -OCH3 is 1. The molecule has 0 N–H and O–H groups in total. The predicted molar refractivity (Wildman–Crippen MR) is 134 cm³/mol. The Morgan fingerprint density at radius 3 is 2.40 bits per heavy atom. The molecule has 0 bridgehead atoms. The van der Waals surface area contributed by atoms with Gasteiger partial charge in [0.2, 0.25) is 5.91 Å². The minimum absolute atomic E-state index is 0.00142. The van der Waals surface area contributed by atoms with Gasteiger partial charge in [-0.1, -0.05) is 29.8 Å². The van der Waals surface area contributed by atoms with Crippen LogP contribution in [0, 0.1) is 6.92 Å². The van der Waals surface area contributed by atoms with Gasteiger partial charge in [-0.05, 0) is 42.3 Å². The van der Waals surface area contributed by atoms with Gasteiger partial charge >= 0.3 is 0 Å². The Kier molecular flexibility index (Phi) is 8.15. The molecule has 0 saturated carbocycles. The van der Waals surface area contributed by atoms with Crippen molar-refractivity contribution in [3.8, 4) is 5.75 Å². The maximum atomic E-state index is 13.5. The quantitative estimate of drug-likeness (QED) is 0.583. The summed E-state index contributed by atoms with van der Waals surface area (Å²) in [5, 5.41) is 6.32. The van der Waals surface area contributed by atoms with E-state index in [0.717, 1.165) is 47.8 Å². The van der Waals surface area contributed by atoms with Crippen LogP contribution in [0.1, 0.15) is 36.1 Å². The maximum absolute atomic E-state index is 13.5. The molecule has 8 heteroatoms.